The van der Waals surface area contributed by atoms with E-state index in [4.69, 9.17) is 14.2 Å². The van der Waals surface area contributed by atoms with Crippen molar-refractivity contribution in [1.82, 2.24) is 0 Å². The van der Waals surface area contributed by atoms with Crippen molar-refractivity contribution in [2.45, 2.75) is 271 Å². The minimum Gasteiger partial charge on any atom is -0.462 e. The Balaban J connectivity index is 4.36. The Morgan fingerprint density at radius 3 is 1.04 bits per heavy atom. The molecular weight excluding hydrogens is 709 g/mol. The molecule has 1 unspecified atom stereocenters. The second kappa shape index (κ2) is 46.6. The topological polar surface area (TPSA) is 78.9 Å². The lowest BCUT2D eigenvalue weighted by atomic mass is 10.0. The molecule has 0 aromatic carbocycles. The largest absolute Gasteiger partial charge is 0.462 e. The molecule has 6 heteroatoms. The van der Waals surface area contributed by atoms with Gasteiger partial charge in [0.2, 0.25) is 0 Å². The standard InChI is InChI=1S/C51H94O6/c1-4-7-10-13-16-19-22-24-25-26-28-29-32-35-38-41-44-50(53)56-47-48(46-55-49(52)43-40-37-34-31-21-18-15-12-9-6-3)57-51(54)45-42-39-36-33-30-27-23-20-17-14-11-8-5-2/h27,30,36,39,48H,4-26,28-29,31-35,37-38,40-47H2,1-3H3/b30-27-,39-36-. The van der Waals surface area contributed by atoms with Crippen LogP contribution in [-0.4, -0.2) is 37.2 Å². The molecule has 0 aliphatic rings. The number of unbranched alkanes of at least 4 members (excludes halogenated alkanes) is 30. The maximum Gasteiger partial charge on any atom is 0.306 e. The van der Waals surface area contributed by atoms with Crippen molar-refractivity contribution in [2.75, 3.05) is 13.2 Å². The number of hydrogen-bond acceptors (Lipinski definition) is 6. The summed E-state index contributed by atoms with van der Waals surface area (Å²) in [6.45, 7) is 6.59. The summed E-state index contributed by atoms with van der Waals surface area (Å²) >= 11 is 0. The molecule has 0 aliphatic carbocycles. The second-order valence-electron chi connectivity index (χ2n) is 16.7. The Labute approximate surface area is 353 Å². The van der Waals surface area contributed by atoms with Gasteiger partial charge in [-0.25, -0.2) is 0 Å². The third-order valence-electron chi connectivity index (χ3n) is 11.0. The first kappa shape index (κ1) is 54.9. The number of ether oxygens (including phenoxy) is 3. The van der Waals surface area contributed by atoms with Crippen LogP contribution in [0.15, 0.2) is 24.3 Å². The van der Waals surface area contributed by atoms with Crippen LogP contribution in [0.3, 0.4) is 0 Å². The van der Waals surface area contributed by atoms with Crippen LogP contribution in [0, 0.1) is 0 Å². The first-order valence-corrected chi connectivity index (χ1v) is 24.8. The normalized spacial score (nSPS) is 12.1. The summed E-state index contributed by atoms with van der Waals surface area (Å²) in [5, 5.41) is 0. The lowest BCUT2D eigenvalue weighted by Crippen LogP contribution is -2.30. The molecular formula is C51H94O6. The molecule has 334 valence electrons. The maximum absolute atomic E-state index is 12.7. The molecule has 6 nitrogen and oxygen atoms in total. The van der Waals surface area contributed by atoms with Gasteiger partial charge in [0.25, 0.3) is 0 Å². The van der Waals surface area contributed by atoms with Crippen molar-refractivity contribution in [1.29, 1.82) is 0 Å². The highest BCUT2D eigenvalue weighted by molar-refractivity contribution is 5.71. The van der Waals surface area contributed by atoms with E-state index in [1.807, 2.05) is 6.08 Å². The Bertz CT molecular complexity index is 927. The SMILES string of the molecule is CCCCCCCC/C=C\C/C=C\CCC(=O)OC(COC(=O)CCCCCCCCCCCC)COC(=O)CCCCCCCCCCCCCCCCCC. The first-order chi connectivity index (χ1) is 28.0. The Hall–Kier alpha value is -2.11. The molecule has 0 amide bonds. The monoisotopic (exact) mass is 803 g/mol. The van der Waals surface area contributed by atoms with Crippen LogP contribution in [0.1, 0.15) is 265 Å². The molecule has 0 aliphatic heterocycles. The van der Waals surface area contributed by atoms with Crippen molar-refractivity contribution < 1.29 is 28.6 Å². The maximum atomic E-state index is 12.7. The molecule has 0 fully saturated rings. The van der Waals surface area contributed by atoms with Crippen molar-refractivity contribution in [3.05, 3.63) is 24.3 Å². The van der Waals surface area contributed by atoms with E-state index < -0.39 is 6.10 Å². The van der Waals surface area contributed by atoms with Crippen LogP contribution < -0.4 is 0 Å². The van der Waals surface area contributed by atoms with Gasteiger partial charge in [0.15, 0.2) is 6.10 Å². The zero-order chi connectivity index (χ0) is 41.5. The van der Waals surface area contributed by atoms with Crippen LogP contribution in [0.4, 0.5) is 0 Å². The van der Waals surface area contributed by atoms with Crippen LogP contribution in [-0.2, 0) is 28.6 Å². The van der Waals surface area contributed by atoms with E-state index in [2.05, 4.69) is 39.0 Å². The molecule has 0 rings (SSSR count). The van der Waals surface area contributed by atoms with Gasteiger partial charge in [-0.15, -0.1) is 0 Å². The summed E-state index contributed by atoms with van der Waals surface area (Å²) in [7, 11) is 0. The molecule has 0 heterocycles. The quantitative estimate of drug-likeness (QED) is 0.0264. The summed E-state index contributed by atoms with van der Waals surface area (Å²) in [5.74, 6) is -0.948. The predicted molar refractivity (Wildman–Crippen MR) is 243 cm³/mol. The van der Waals surface area contributed by atoms with Gasteiger partial charge in [-0.3, -0.25) is 14.4 Å². The van der Waals surface area contributed by atoms with E-state index in [1.165, 1.54) is 167 Å². The van der Waals surface area contributed by atoms with E-state index >= 15 is 0 Å². The van der Waals surface area contributed by atoms with Gasteiger partial charge in [-0.05, 0) is 38.5 Å². The summed E-state index contributed by atoms with van der Waals surface area (Å²) in [6, 6.07) is 0. The van der Waals surface area contributed by atoms with E-state index in [0.29, 0.717) is 19.3 Å². The number of esters is 3. The summed E-state index contributed by atoms with van der Waals surface area (Å²) in [5.41, 5.74) is 0. The molecule has 0 N–H and O–H groups in total. The molecule has 0 spiro atoms. The lowest BCUT2D eigenvalue weighted by molar-refractivity contribution is -0.166. The summed E-state index contributed by atoms with van der Waals surface area (Å²) in [4.78, 5) is 37.8. The molecule has 1 atom stereocenters. The number of carbonyl (C=O) groups excluding carboxylic acids is 3. The number of allylic oxidation sites excluding steroid dienone is 4. The summed E-state index contributed by atoms with van der Waals surface area (Å²) in [6.07, 6.45) is 51.7. The number of rotatable bonds is 45. The van der Waals surface area contributed by atoms with E-state index in [9.17, 15) is 14.4 Å². The first-order valence-electron chi connectivity index (χ1n) is 24.8. The van der Waals surface area contributed by atoms with Crippen LogP contribution >= 0.6 is 0 Å². The average molecular weight is 803 g/mol. The number of carbonyl (C=O) groups is 3. The average Bonchev–Trinajstić information content (AvgIpc) is 3.21. The zero-order valence-electron chi connectivity index (χ0n) is 38.1. The fraction of sp³-hybridized carbons (Fsp3) is 0.863. The highest BCUT2D eigenvalue weighted by Crippen LogP contribution is 2.15. The Kier molecular flexibility index (Phi) is 44.9. The van der Waals surface area contributed by atoms with Gasteiger partial charge < -0.3 is 14.2 Å². The smallest absolute Gasteiger partial charge is 0.306 e. The second-order valence-corrected chi connectivity index (χ2v) is 16.7. The highest BCUT2D eigenvalue weighted by atomic mass is 16.6. The van der Waals surface area contributed by atoms with Crippen LogP contribution in [0.5, 0.6) is 0 Å². The molecule has 0 saturated carbocycles. The van der Waals surface area contributed by atoms with Crippen LogP contribution in [0.25, 0.3) is 0 Å². The van der Waals surface area contributed by atoms with Gasteiger partial charge in [-0.1, -0.05) is 231 Å². The van der Waals surface area contributed by atoms with Gasteiger partial charge >= 0.3 is 17.9 Å². The Morgan fingerprint density at radius 2 is 0.667 bits per heavy atom. The van der Waals surface area contributed by atoms with Gasteiger partial charge in [-0.2, -0.15) is 0 Å². The van der Waals surface area contributed by atoms with Gasteiger partial charge in [0.05, 0.1) is 0 Å². The minimum absolute atomic E-state index is 0.0891. The van der Waals surface area contributed by atoms with Crippen LogP contribution in [0.2, 0.25) is 0 Å². The van der Waals surface area contributed by atoms with E-state index in [-0.39, 0.29) is 37.5 Å². The molecule has 57 heavy (non-hydrogen) atoms. The molecule has 0 saturated heterocycles. The molecule has 0 radical (unpaired) electrons. The van der Waals surface area contributed by atoms with Gasteiger partial charge in [0.1, 0.15) is 13.2 Å². The Morgan fingerprint density at radius 1 is 0.351 bits per heavy atom. The third-order valence-corrected chi connectivity index (χ3v) is 11.0. The fourth-order valence-electron chi connectivity index (χ4n) is 7.20. The fourth-order valence-corrected chi connectivity index (χ4v) is 7.20. The minimum atomic E-state index is -0.794. The molecule has 0 aromatic heterocycles. The third kappa shape index (κ3) is 44.8. The van der Waals surface area contributed by atoms with Gasteiger partial charge in [0, 0.05) is 19.3 Å². The summed E-state index contributed by atoms with van der Waals surface area (Å²) < 4.78 is 16.7. The predicted octanol–water partition coefficient (Wildman–Crippen LogP) is 16.0. The van der Waals surface area contributed by atoms with Crippen molar-refractivity contribution in [2.24, 2.45) is 0 Å². The zero-order valence-corrected chi connectivity index (χ0v) is 38.1. The molecule has 0 bridgehead atoms. The van der Waals surface area contributed by atoms with Crippen molar-refractivity contribution in [3.8, 4) is 0 Å². The van der Waals surface area contributed by atoms with Crippen molar-refractivity contribution in [3.63, 3.8) is 0 Å². The molecule has 0 aromatic rings. The van der Waals surface area contributed by atoms with E-state index in [0.717, 1.165) is 51.4 Å². The van der Waals surface area contributed by atoms with E-state index in [1.54, 1.807) is 0 Å². The highest BCUT2D eigenvalue weighted by Gasteiger charge is 2.19. The number of hydrogen-bond donors (Lipinski definition) is 0. The van der Waals surface area contributed by atoms with Crippen molar-refractivity contribution >= 4 is 17.9 Å². The lowest BCUT2D eigenvalue weighted by Gasteiger charge is -2.18.